The lowest BCUT2D eigenvalue weighted by Gasteiger charge is -2.36. The standard InChI is InChI=1S/C22H26F2N6O2/c1-3-32-20(31)15-30-14-17(21(26-30)16-11-25-27(2)12-16)13-28-7-9-29(10-8-28)22-18(23)5-4-6-19(22)24/h4-6,11-12,14H,3,7-10,13,15H2,1-2H3. The number of piperazine rings is 1. The molecule has 170 valence electrons. The first-order chi connectivity index (χ1) is 15.4. The molecule has 8 nitrogen and oxygen atoms in total. The maximum atomic E-state index is 14.1. The van der Waals surface area contributed by atoms with Gasteiger partial charge in [0.05, 0.1) is 18.5 Å². The lowest BCUT2D eigenvalue weighted by Crippen LogP contribution is -2.46. The van der Waals surface area contributed by atoms with Crippen LogP contribution in [0.25, 0.3) is 11.3 Å². The van der Waals surface area contributed by atoms with Crippen molar-refractivity contribution in [3.05, 3.63) is 54.0 Å². The summed E-state index contributed by atoms with van der Waals surface area (Å²) in [7, 11) is 1.83. The number of halogens is 2. The molecule has 0 atom stereocenters. The smallest absolute Gasteiger partial charge is 0.327 e. The minimum atomic E-state index is -0.544. The van der Waals surface area contributed by atoms with Gasteiger partial charge >= 0.3 is 5.97 Å². The fraction of sp³-hybridized carbons (Fsp3) is 0.409. The van der Waals surface area contributed by atoms with E-state index in [1.54, 1.807) is 27.4 Å². The molecule has 10 heteroatoms. The molecule has 0 saturated carbocycles. The van der Waals surface area contributed by atoms with Crippen molar-refractivity contribution in [1.82, 2.24) is 24.5 Å². The average molecular weight is 444 g/mol. The Balaban J connectivity index is 1.49. The van der Waals surface area contributed by atoms with Crippen LogP contribution in [-0.4, -0.2) is 63.2 Å². The third-order valence-corrected chi connectivity index (χ3v) is 5.43. The van der Waals surface area contributed by atoms with Crippen molar-refractivity contribution < 1.29 is 18.3 Å². The van der Waals surface area contributed by atoms with E-state index in [4.69, 9.17) is 4.74 Å². The Morgan fingerprint density at radius 3 is 2.47 bits per heavy atom. The summed E-state index contributed by atoms with van der Waals surface area (Å²) in [6.07, 6.45) is 5.46. The summed E-state index contributed by atoms with van der Waals surface area (Å²) in [5.74, 6) is -1.44. The van der Waals surface area contributed by atoms with Crippen LogP contribution in [0.4, 0.5) is 14.5 Å². The first kappa shape index (κ1) is 21.9. The second-order valence-electron chi connectivity index (χ2n) is 7.74. The van der Waals surface area contributed by atoms with Gasteiger partial charge in [0.25, 0.3) is 0 Å². The van der Waals surface area contributed by atoms with E-state index in [0.717, 1.165) is 16.8 Å². The molecule has 1 aromatic carbocycles. The molecule has 0 radical (unpaired) electrons. The average Bonchev–Trinajstić information content (AvgIpc) is 3.35. The highest BCUT2D eigenvalue weighted by molar-refractivity contribution is 5.69. The molecule has 3 heterocycles. The predicted molar refractivity (Wildman–Crippen MR) is 115 cm³/mol. The summed E-state index contributed by atoms with van der Waals surface area (Å²) >= 11 is 0. The zero-order chi connectivity index (χ0) is 22.7. The number of aryl methyl sites for hydroxylation is 1. The molecule has 0 aliphatic carbocycles. The molecule has 0 bridgehead atoms. The van der Waals surface area contributed by atoms with Crippen molar-refractivity contribution >= 4 is 11.7 Å². The van der Waals surface area contributed by atoms with Gasteiger partial charge in [-0.3, -0.25) is 19.1 Å². The van der Waals surface area contributed by atoms with Crippen LogP contribution in [-0.2, 0) is 29.7 Å². The van der Waals surface area contributed by atoms with Crippen LogP contribution in [0.3, 0.4) is 0 Å². The first-order valence-corrected chi connectivity index (χ1v) is 10.6. The van der Waals surface area contributed by atoms with Crippen LogP contribution in [0, 0.1) is 11.6 Å². The highest BCUT2D eigenvalue weighted by atomic mass is 19.1. The van der Waals surface area contributed by atoms with E-state index in [1.807, 2.05) is 19.4 Å². The van der Waals surface area contributed by atoms with Crippen molar-refractivity contribution in [2.24, 2.45) is 7.05 Å². The van der Waals surface area contributed by atoms with Gasteiger partial charge in [-0.15, -0.1) is 0 Å². The largest absolute Gasteiger partial charge is 0.465 e. The molecular weight excluding hydrogens is 418 g/mol. The molecule has 0 amide bonds. The Labute approximate surface area is 185 Å². The van der Waals surface area contributed by atoms with E-state index >= 15 is 0 Å². The van der Waals surface area contributed by atoms with Crippen molar-refractivity contribution in [2.45, 2.75) is 20.0 Å². The zero-order valence-corrected chi connectivity index (χ0v) is 18.2. The van der Waals surface area contributed by atoms with E-state index in [9.17, 15) is 13.6 Å². The Kier molecular flexibility index (Phi) is 6.50. The maximum absolute atomic E-state index is 14.1. The number of rotatable bonds is 7. The van der Waals surface area contributed by atoms with Crippen LogP contribution in [0.5, 0.6) is 0 Å². The van der Waals surface area contributed by atoms with E-state index in [-0.39, 0.29) is 18.2 Å². The fourth-order valence-electron chi connectivity index (χ4n) is 3.95. The molecule has 1 saturated heterocycles. The van der Waals surface area contributed by atoms with Gasteiger partial charge < -0.3 is 9.64 Å². The Morgan fingerprint density at radius 2 is 1.84 bits per heavy atom. The predicted octanol–water partition coefficient (Wildman–Crippen LogP) is 2.45. The van der Waals surface area contributed by atoms with E-state index in [1.165, 1.54) is 18.2 Å². The van der Waals surface area contributed by atoms with Gasteiger partial charge in [-0.05, 0) is 19.1 Å². The second kappa shape index (κ2) is 9.47. The van der Waals surface area contributed by atoms with Gasteiger partial charge in [0, 0.05) is 63.3 Å². The van der Waals surface area contributed by atoms with Crippen LogP contribution in [0.1, 0.15) is 12.5 Å². The molecule has 1 aliphatic heterocycles. The number of esters is 1. The second-order valence-corrected chi connectivity index (χ2v) is 7.74. The van der Waals surface area contributed by atoms with Gasteiger partial charge in [0.1, 0.15) is 23.9 Å². The Bertz CT molecular complexity index is 1070. The van der Waals surface area contributed by atoms with Crippen molar-refractivity contribution in [3.8, 4) is 11.3 Å². The molecule has 3 aromatic rings. The van der Waals surface area contributed by atoms with E-state index in [2.05, 4.69) is 15.1 Å². The zero-order valence-electron chi connectivity index (χ0n) is 18.2. The van der Waals surface area contributed by atoms with Crippen LogP contribution >= 0.6 is 0 Å². The minimum absolute atomic E-state index is 0.0292. The number of hydrogen-bond acceptors (Lipinski definition) is 6. The molecule has 4 rings (SSSR count). The SMILES string of the molecule is CCOC(=O)Cn1cc(CN2CCN(c3c(F)cccc3F)CC2)c(-c2cnn(C)c2)n1. The van der Waals surface area contributed by atoms with Crippen molar-refractivity contribution in [2.75, 3.05) is 37.7 Å². The normalized spacial score (nSPS) is 14.7. The van der Waals surface area contributed by atoms with Crippen LogP contribution in [0.2, 0.25) is 0 Å². The van der Waals surface area contributed by atoms with Gasteiger partial charge in [-0.2, -0.15) is 10.2 Å². The summed E-state index contributed by atoms with van der Waals surface area (Å²) < 4.78 is 36.6. The quantitative estimate of drug-likeness (QED) is 0.522. The highest BCUT2D eigenvalue weighted by Gasteiger charge is 2.24. The third kappa shape index (κ3) is 4.80. The number of hydrogen-bond donors (Lipinski definition) is 0. The lowest BCUT2D eigenvalue weighted by atomic mass is 10.1. The van der Waals surface area contributed by atoms with Crippen LogP contribution < -0.4 is 4.90 Å². The van der Waals surface area contributed by atoms with E-state index in [0.29, 0.717) is 39.3 Å². The number of benzene rings is 1. The minimum Gasteiger partial charge on any atom is -0.465 e. The molecular formula is C22H26F2N6O2. The van der Waals surface area contributed by atoms with Crippen LogP contribution in [0.15, 0.2) is 36.8 Å². The van der Waals surface area contributed by atoms with E-state index < -0.39 is 11.6 Å². The molecule has 0 spiro atoms. The molecule has 0 unspecified atom stereocenters. The summed E-state index contributed by atoms with van der Waals surface area (Å²) in [4.78, 5) is 15.9. The number of anilines is 1. The summed E-state index contributed by atoms with van der Waals surface area (Å²) in [6, 6.07) is 3.93. The lowest BCUT2D eigenvalue weighted by molar-refractivity contribution is -0.144. The van der Waals surface area contributed by atoms with Gasteiger partial charge in [0.2, 0.25) is 0 Å². The fourth-order valence-corrected chi connectivity index (χ4v) is 3.95. The number of aromatic nitrogens is 4. The number of para-hydroxylation sites is 1. The van der Waals surface area contributed by atoms with Gasteiger partial charge in [-0.1, -0.05) is 6.07 Å². The molecule has 1 fully saturated rings. The van der Waals surface area contributed by atoms with Crippen molar-refractivity contribution in [1.29, 1.82) is 0 Å². The first-order valence-electron chi connectivity index (χ1n) is 10.6. The van der Waals surface area contributed by atoms with Gasteiger partial charge in [-0.25, -0.2) is 8.78 Å². The molecule has 0 N–H and O–H groups in total. The third-order valence-electron chi connectivity index (χ3n) is 5.43. The molecule has 32 heavy (non-hydrogen) atoms. The monoisotopic (exact) mass is 444 g/mol. The molecule has 2 aromatic heterocycles. The van der Waals surface area contributed by atoms with Gasteiger partial charge in [0.15, 0.2) is 0 Å². The number of nitrogens with zero attached hydrogens (tertiary/aromatic N) is 6. The highest BCUT2D eigenvalue weighted by Crippen LogP contribution is 2.26. The maximum Gasteiger partial charge on any atom is 0.327 e. The van der Waals surface area contributed by atoms with Crippen molar-refractivity contribution in [3.63, 3.8) is 0 Å². The number of carbonyl (C=O) groups is 1. The Morgan fingerprint density at radius 1 is 1.12 bits per heavy atom. The summed E-state index contributed by atoms with van der Waals surface area (Å²) in [5.41, 5.74) is 2.60. The number of carbonyl (C=O) groups excluding carboxylic acids is 1. The summed E-state index contributed by atoms with van der Waals surface area (Å²) in [5, 5.41) is 8.82. The Hall–Kier alpha value is -3.27. The summed E-state index contributed by atoms with van der Waals surface area (Å²) in [6.45, 7) is 5.01. The molecule has 1 aliphatic rings. The topological polar surface area (TPSA) is 68.4 Å². The number of ether oxygens (including phenoxy) is 1.